The fourth-order valence-electron chi connectivity index (χ4n) is 1.62. The smallest absolute Gasteiger partial charge is 0.394 e. The van der Waals surface area contributed by atoms with Crippen LogP contribution >= 0.6 is 0 Å². The molecule has 0 bridgehead atoms. The molecule has 1 aromatic rings. The summed E-state index contributed by atoms with van der Waals surface area (Å²) in [6, 6.07) is 5.12. The van der Waals surface area contributed by atoms with Crippen molar-refractivity contribution in [1.82, 2.24) is 0 Å². The number of anilines is 1. The van der Waals surface area contributed by atoms with Gasteiger partial charge in [0.15, 0.2) is 0 Å². The van der Waals surface area contributed by atoms with Crippen molar-refractivity contribution >= 4 is 17.6 Å². The molecular formula is C11H11NO4. The molecule has 2 rings (SSSR count). The Labute approximate surface area is 92.0 Å². The second kappa shape index (κ2) is 4.22. The lowest BCUT2D eigenvalue weighted by molar-refractivity contribution is -0.147. The van der Waals surface area contributed by atoms with Crippen LogP contribution in [0.5, 0.6) is 5.75 Å². The van der Waals surface area contributed by atoms with Crippen LogP contribution in [0.2, 0.25) is 0 Å². The van der Waals surface area contributed by atoms with Crippen LogP contribution < -0.4 is 10.1 Å². The number of carbonyl (C=O) groups excluding carboxylic acids is 1. The monoisotopic (exact) mass is 221 g/mol. The van der Waals surface area contributed by atoms with Crippen LogP contribution in [-0.4, -0.2) is 23.6 Å². The van der Waals surface area contributed by atoms with E-state index in [1.165, 1.54) is 0 Å². The summed E-state index contributed by atoms with van der Waals surface area (Å²) in [7, 11) is 0. The average Bonchev–Trinajstić information content (AvgIpc) is 2.28. The number of carboxylic acids is 1. The van der Waals surface area contributed by atoms with E-state index in [0.29, 0.717) is 12.3 Å². The van der Waals surface area contributed by atoms with Crippen LogP contribution in [0.15, 0.2) is 18.2 Å². The van der Waals surface area contributed by atoms with E-state index >= 15 is 0 Å². The van der Waals surface area contributed by atoms with Gasteiger partial charge in [-0.1, -0.05) is 0 Å². The maximum absolute atomic E-state index is 10.9. The van der Waals surface area contributed by atoms with Crippen LogP contribution in [0.3, 0.4) is 0 Å². The van der Waals surface area contributed by atoms with Gasteiger partial charge in [0.25, 0.3) is 0 Å². The zero-order valence-electron chi connectivity index (χ0n) is 8.53. The van der Waals surface area contributed by atoms with E-state index in [1.54, 1.807) is 18.2 Å². The van der Waals surface area contributed by atoms with Crippen molar-refractivity contribution in [3.8, 4) is 5.75 Å². The van der Waals surface area contributed by atoms with Gasteiger partial charge in [-0.25, -0.2) is 4.79 Å². The van der Waals surface area contributed by atoms with Crippen molar-refractivity contribution in [3.63, 3.8) is 0 Å². The predicted molar refractivity (Wildman–Crippen MR) is 56.5 cm³/mol. The van der Waals surface area contributed by atoms with E-state index in [9.17, 15) is 9.59 Å². The van der Waals surface area contributed by atoms with Gasteiger partial charge in [-0.2, -0.15) is 0 Å². The second-order valence-corrected chi connectivity index (χ2v) is 3.53. The van der Waals surface area contributed by atoms with E-state index in [1.807, 2.05) is 0 Å². The van der Waals surface area contributed by atoms with Crippen molar-refractivity contribution < 1.29 is 19.4 Å². The van der Waals surface area contributed by atoms with Gasteiger partial charge in [-0.05, 0) is 36.6 Å². The number of hydrogen-bond acceptors (Lipinski definition) is 3. The Morgan fingerprint density at radius 1 is 1.38 bits per heavy atom. The molecule has 1 amide bonds. The van der Waals surface area contributed by atoms with E-state index in [0.717, 1.165) is 24.2 Å². The number of ether oxygens (including phenoxy) is 1. The minimum atomic E-state index is -1.49. The third kappa shape index (κ3) is 2.13. The van der Waals surface area contributed by atoms with Crippen molar-refractivity contribution in [2.75, 3.05) is 11.9 Å². The molecule has 0 spiro atoms. The minimum absolute atomic E-state index is 0.483. The van der Waals surface area contributed by atoms with Crippen molar-refractivity contribution in [1.29, 1.82) is 0 Å². The normalized spacial score (nSPS) is 13.5. The number of fused-ring (bicyclic) bond motifs is 1. The summed E-state index contributed by atoms with van der Waals surface area (Å²) in [5.41, 5.74) is 1.48. The Bertz CT molecular complexity index is 442. The molecule has 16 heavy (non-hydrogen) atoms. The number of amides is 1. The van der Waals surface area contributed by atoms with Gasteiger partial charge in [0, 0.05) is 5.69 Å². The lowest BCUT2D eigenvalue weighted by Crippen LogP contribution is -2.22. The number of carboxylic acid groups (broad SMARTS) is 1. The zero-order valence-corrected chi connectivity index (χ0v) is 8.53. The Morgan fingerprint density at radius 3 is 2.94 bits per heavy atom. The first-order valence-electron chi connectivity index (χ1n) is 4.97. The molecule has 0 saturated heterocycles. The molecule has 0 atom stereocenters. The lowest BCUT2D eigenvalue weighted by Gasteiger charge is -2.17. The quantitative estimate of drug-likeness (QED) is 0.694. The average molecular weight is 221 g/mol. The van der Waals surface area contributed by atoms with Gasteiger partial charge in [0.05, 0.1) is 6.61 Å². The third-order valence-corrected chi connectivity index (χ3v) is 2.36. The highest BCUT2D eigenvalue weighted by atomic mass is 16.5. The summed E-state index contributed by atoms with van der Waals surface area (Å²) in [5.74, 6) is -1.72. The molecule has 0 unspecified atom stereocenters. The largest absolute Gasteiger partial charge is 0.493 e. The standard InChI is InChI=1S/C11H11NO4/c13-10(11(14)15)12-8-3-4-9-7(6-8)2-1-5-16-9/h3-4,6H,1-2,5H2,(H,12,13)(H,14,15). The fourth-order valence-corrected chi connectivity index (χ4v) is 1.62. The fraction of sp³-hybridized carbons (Fsp3) is 0.273. The van der Waals surface area contributed by atoms with E-state index in [2.05, 4.69) is 5.32 Å². The molecule has 1 aliphatic rings. The maximum Gasteiger partial charge on any atom is 0.394 e. The highest BCUT2D eigenvalue weighted by Gasteiger charge is 2.14. The molecule has 0 saturated carbocycles. The maximum atomic E-state index is 10.9. The lowest BCUT2D eigenvalue weighted by atomic mass is 10.1. The van der Waals surface area contributed by atoms with Crippen molar-refractivity contribution in [3.05, 3.63) is 23.8 Å². The first-order valence-corrected chi connectivity index (χ1v) is 4.97. The number of hydrogen-bond donors (Lipinski definition) is 2. The molecule has 5 heteroatoms. The van der Waals surface area contributed by atoms with E-state index in [-0.39, 0.29) is 0 Å². The van der Waals surface area contributed by atoms with Gasteiger partial charge < -0.3 is 15.2 Å². The van der Waals surface area contributed by atoms with Gasteiger partial charge in [-0.3, -0.25) is 4.79 Å². The second-order valence-electron chi connectivity index (χ2n) is 3.53. The van der Waals surface area contributed by atoms with Gasteiger partial charge >= 0.3 is 11.9 Å². The third-order valence-electron chi connectivity index (χ3n) is 2.36. The van der Waals surface area contributed by atoms with Crippen LogP contribution in [0.25, 0.3) is 0 Å². The molecule has 0 fully saturated rings. The molecule has 84 valence electrons. The number of carbonyl (C=O) groups is 2. The Hall–Kier alpha value is -2.04. The SMILES string of the molecule is O=C(O)C(=O)Nc1ccc2c(c1)CCCO2. The molecule has 0 radical (unpaired) electrons. The number of aryl methyl sites for hydroxylation is 1. The minimum Gasteiger partial charge on any atom is -0.493 e. The molecule has 0 aliphatic carbocycles. The number of rotatable bonds is 1. The van der Waals surface area contributed by atoms with Gasteiger partial charge in [-0.15, -0.1) is 0 Å². The summed E-state index contributed by atoms with van der Waals surface area (Å²) >= 11 is 0. The predicted octanol–water partition coefficient (Wildman–Crippen LogP) is 1.03. The number of benzene rings is 1. The van der Waals surface area contributed by atoms with Gasteiger partial charge in [0.2, 0.25) is 0 Å². The zero-order chi connectivity index (χ0) is 11.5. The molecule has 1 heterocycles. The summed E-state index contributed by atoms with van der Waals surface area (Å²) in [6.45, 7) is 0.702. The van der Waals surface area contributed by atoms with Crippen LogP contribution in [-0.2, 0) is 16.0 Å². The van der Waals surface area contributed by atoms with Gasteiger partial charge in [0.1, 0.15) is 5.75 Å². The molecule has 0 aromatic heterocycles. The summed E-state index contributed by atoms with van der Waals surface area (Å²) in [5, 5.41) is 10.7. The first kappa shape index (κ1) is 10.5. The Morgan fingerprint density at radius 2 is 2.19 bits per heavy atom. The summed E-state index contributed by atoms with van der Waals surface area (Å²) in [6.07, 6.45) is 1.81. The van der Waals surface area contributed by atoms with Crippen LogP contribution in [0, 0.1) is 0 Å². The highest BCUT2D eigenvalue weighted by molar-refractivity contribution is 6.36. The first-order chi connectivity index (χ1) is 7.66. The molecule has 5 nitrogen and oxygen atoms in total. The number of aliphatic carboxylic acids is 1. The Balaban J connectivity index is 2.17. The number of nitrogens with one attached hydrogen (secondary N) is 1. The van der Waals surface area contributed by atoms with Crippen molar-refractivity contribution in [2.24, 2.45) is 0 Å². The summed E-state index contributed by atoms with van der Waals surface area (Å²) < 4.78 is 5.40. The van der Waals surface area contributed by atoms with Crippen molar-refractivity contribution in [2.45, 2.75) is 12.8 Å². The van der Waals surface area contributed by atoms with E-state index in [4.69, 9.17) is 9.84 Å². The summed E-state index contributed by atoms with van der Waals surface area (Å²) in [4.78, 5) is 21.3. The highest BCUT2D eigenvalue weighted by Crippen LogP contribution is 2.27. The molecule has 1 aliphatic heterocycles. The Kier molecular flexibility index (Phi) is 2.76. The topological polar surface area (TPSA) is 75.6 Å². The molecular weight excluding hydrogens is 210 g/mol. The molecule has 2 N–H and O–H groups in total. The van der Waals surface area contributed by atoms with E-state index < -0.39 is 11.9 Å². The molecule has 1 aromatic carbocycles. The van der Waals surface area contributed by atoms with Crippen LogP contribution in [0.1, 0.15) is 12.0 Å². The van der Waals surface area contributed by atoms with Crippen LogP contribution in [0.4, 0.5) is 5.69 Å².